The molecule has 0 bridgehead atoms. The number of rotatable bonds is 2. The zero-order valence-corrected chi connectivity index (χ0v) is 9.44. The third-order valence-corrected chi connectivity index (χ3v) is 2.78. The van der Waals surface area contributed by atoms with Gasteiger partial charge >= 0.3 is 0 Å². The van der Waals surface area contributed by atoms with Crippen molar-refractivity contribution in [1.82, 2.24) is 0 Å². The molecule has 1 unspecified atom stereocenters. The number of nitrogens with two attached hydrogens (primary N) is 1. The molecule has 1 fully saturated rings. The van der Waals surface area contributed by atoms with Crippen molar-refractivity contribution in [1.29, 1.82) is 5.41 Å². The van der Waals surface area contributed by atoms with Crippen molar-refractivity contribution in [3.63, 3.8) is 0 Å². The predicted molar refractivity (Wildman–Crippen MR) is 65.1 cm³/mol. The maximum absolute atomic E-state index is 7.33. The van der Waals surface area contributed by atoms with Crippen LogP contribution in [0.1, 0.15) is 12.5 Å². The van der Waals surface area contributed by atoms with Crippen molar-refractivity contribution in [3.05, 3.63) is 29.8 Å². The number of nitrogen functional groups attached to an aromatic ring is 1. The molecule has 1 aromatic carbocycles. The molecule has 0 radical (unpaired) electrons. The third-order valence-electron chi connectivity index (χ3n) is 2.78. The summed E-state index contributed by atoms with van der Waals surface area (Å²) >= 11 is 0. The molecule has 0 aromatic heterocycles. The molecule has 0 saturated carbocycles. The molecule has 16 heavy (non-hydrogen) atoms. The van der Waals surface area contributed by atoms with Gasteiger partial charge in [0.25, 0.3) is 0 Å². The Kier molecular flexibility index (Phi) is 3.10. The summed E-state index contributed by atoms with van der Waals surface area (Å²) in [4.78, 5) is 2.29. The van der Waals surface area contributed by atoms with Crippen molar-refractivity contribution in [2.45, 2.75) is 13.0 Å². The summed E-state index contributed by atoms with van der Waals surface area (Å²) < 4.78 is 5.50. The van der Waals surface area contributed by atoms with E-state index < -0.39 is 0 Å². The summed E-state index contributed by atoms with van der Waals surface area (Å²) in [7, 11) is 0. The van der Waals surface area contributed by atoms with Crippen LogP contribution in [0.15, 0.2) is 24.3 Å². The van der Waals surface area contributed by atoms with Crippen LogP contribution < -0.4 is 10.6 Å². The van der Waals surface area contributed by atoms with Gasteiger partial charge < -0.3 is 15.4 Å². The number of ether oxygens (including phenoxy) is 1. The van der Waals surface area contributed by atoms with E-state index in [1.165, 1.54) is 5.69 Å². The fourth-order valence-electron chi connectivity index (χ4n) is 1.90. The number of benzene rings is 1. The summed E-state index contributed by atoms with van der Waals surface area (Å²) in [6.45, 7) is 4.69. The first-order valence-electron chi connectivity index (χ1n) is 5.48. The van der Waals surface area contributed by atoms with Gasteiger partial charge in [-0.3, -0.25) is 5.41 Å². The highest BCUT2D eigenvalue weighted by atomic mass is 16.5. The van der Waals surface area contributed by atoms with Gasteiger partial charge in [0.1, 0.15) is 5.84 Å². The average molecular weight is 219 g/mol. The van der Waals surface area contributed by atoms with E-state index in [1.54, 1.807) is 0 Å². The third kappa shape index (κ3) is 2.33. The molecule has 4 nitrogen and oxygen atoms in total. The SMILES string of the molecule is CC1CN(c2ccc(C(=N)N)cc2)CCO1. The first kappa shape index (κ1) is 11.0. The lowest BCUT2D eigenvalue weighted by Crippen LogP contribution is -2.41. The zero-order chi connectivity index (χ0) is 11.5. The number of anilines is 1. The minimum atomic E-state index is 0.113. The number of nitrogens with zero attached hydrogens (tertiary/aromatic N) is 1. The van der Waals surface area contributed by atoms with E-state index in [9.17, 15) is 0 Å². The van der Waals surface area contributed by atoms with E-state index in [0.29, 0.717) is 0 Å². The molecule has 1 aliphatic rings. The van der Waals surface area contributed by atoms with Crippen molar-refractivity contribution >= 4 is 11.5 Å². The second-order valence-electron chi connectivity index (χ2n) is 4.09. The Labute approximate surface area is 95.5 Å². The molecule has 3 N–H and O–H groups in total. The Morgan fingerprint density at radius 3 is 2.69 bits per heavy atom. The fraction of sp³-hybridized carbons (Fsp3) is 0.417. The van der Waals surface area contributed by atoms with Crippen molar-refractivity contribution < 1.29 is 4.74 Å². The second-order valence-corrected chi connectivity index (χ2v) is 4.09. The molecule has 1 heterocycles. The highest BCUT2D eigenvalue weighted by molar-refractivity contribution is 5.95. The van der Waals surface area contributed by atoms with Gasteiger partial charge in [0, 0.05) is 24.3 Å². The highest BCUT2D eigenvalue weighted by Crippen LogP contribution is 2.18. The van der Waals surface area contributed by atoms with Crippen molar-refractivity contribution in [2.24, 2.45) is 5.73 Å². The monoisotopic (exact) mass is 219 g/mol. The highest BCUT2D eigenvalue weighted by Gasteiger charge is 2.16. The summed E-state index contributed by atoms with van der Waals surface area (Å²) in [6.07, 6.45) is 0.279. The number of hydrogen-bond donors (Lipinski definition) is 2. The lowest BCUT2D eigenvalue weighted by atomic mass is 10.1. The minimum Gasteiger partial charge on any atom is -0.384 e. The molecule has 86 valence electrons. The Morgan fingerprint density at radius 1 is 1.44 bits per heavy atom. The standard InChI is InChI=1S/C12H17N3O/c1-9-8-15(6-7-16-9)11-4-2-10(3-5-11)12(13)14/h2-5,9H,6-8H2,1H3,(H3,13,14). The Hall–Kier alpha value is -1.55. The van der Waals surface area contributed by atoms with Crippen LogP contribution in [0.5, 0.6) is 0 Å². The Balaban J connectivity index is 2.11. The normalized spacial score (nSPS) is 20.8. The van der Waals surface area contributed by atoms with Crippen LogP contribution >= 0.6 is 0 Å². The molecule has 1 aliphatic heterocycles. The molecule has 2 rings (SSSR count). The van der Waals surface area contributed by atoms with Crippen LogP contribution in [0.4, 0.5) is 5.69 Å². The largest absolute Gasteiger partial charge is 0.384 e. The van der Waals surface area contributed by atoms with Crippen LogP contribution in [0.2, 0.25) is 0 Å². The lowest BCUT2D eigenvalue weighted by molar-refractivity contribution is 0.0532. The molecule has 4 heteroatoms. The van der Waals surface area contributed by atoms with E-state index >= 15 is 0 Å². The lowest BCUT2D eigenvalue weighted by Gasteiger charge is -2.33. The van der Waals surface area contributed by atoms with Crippen molar-refractivity contribution in [2.75, 3.05) is 24.6 Å². The number of amidine groups is 1. The summed E-state index contributed by atoms with van der Waals surface area (Å²) in [5.74, 6) is 0.113. The first-order chi connectivity index (χ1) is 7.66. The average Bonchev–Trinajstić information content (AvgIpc) is 2.29. The van der Waals surface area contributed by atoms with E-state index in [4.69, 9.17) is 15.9 Å². The van der Waals surface area contributed by atoms with Crippen LogP contribution in [-0.4, -0.2) is 31.6 Å². The van der Waals surface area contributed by atoms with Crippen LogP contribution in [0, 0.1) is 5.41 Å². The van der Waals surface area contributed by atoms with E-state index in [2.05, 4.69) is 11.8 Å². The molecular formula is C12H17N3O. The van der Waals surface area contributed by atoms with Gasteiger partial charge in [-0.25, -0.2) is 0 Å². The van der Waals surface area contributed by atoms with E-state index in [0.717, 1.165) is 25.3 Å². The molecule has 0 aliphatic carbocycles. The maximum atomic E-state index is 7.33. The molecule has 0 amide bonds. The maximum Gasteiger partial charge on any atom is 0.122 e. The van der Waals surface area contributed by atoms with Gasteiger partial charge in [-0.1, -0.05) is 0 Å². The Morgan fingerprint density at radius 2 is 2.12 bits per heavy atom. The topological polar surface area (TPSA) is 62.3 Å². The van der Waals surface area contributed by atoms with Gasteiger partial charge in [0.05, 0.1) is 12.7 Å². The fourth-order valence-corrected chi connectivity index (χ4v) is 1.90. The number of morpholine rings is 1. The smallest absolute Gasteiger partial charge is 0.122 e. The van der Waals surface area contributed by atoms with E-state index in [1.807, 2.05) is 24.3 Å². The number of nitrogens with one attached hydrogen (secondary N) is 1. The van der Waals surface area contributed by atoms with E-state index in [-0.39, 0.29) is 11.9 Å². The molecular weight excluding hydrogens is 202 g/mol. The van der Waals surface area contributed by atoms with Gasteiger partial charge in [0.2, 0.25) is 0 Å². The number of hydrogen-bond acceptors (Lipinski definition) is 3. The summed E-state index contributed by atoms with van der Waals surface area (Å²) in [5, 5.41) is 7.33. The zero-order valence-electron chi connectivity index (χ0n) is 9.44. The molecule has 1 saturated heterocycles. The Bertz CT molecular complexity index is 374. The second kappa shape index (κ2) is 4.53. The molecule has 1 aromatic rings. The van der Waals surface area contributed by atoms with Crippen LogP contribution in [-0.2, 0) is 4.74 Å². The van der Waals surface area contributed by atoms with Crippen LogP contribution in [0.3, 0.4) is 0 Å². The summed E-state index contributed by atoms with van der Waals surface area (Å²) in [5.41, 5.74) is 7.35. The minimum absolute atomic E-state index is 0.113. The quantitative estimate of drug-likeness (QED) is 0.580. The van der Waals surface area contributed by atoms with Gasteiger partial charge in [0.15, 0.2) is 0 Å². The predicted octanol–water partition coefficient (Wildman–Crippen LogP) is 1.20. The molecule has 1 atom stereocenters. The van der Waals surface area contributed by atoms with Gasteiger partial charge in [-0.2, -0.15) is 0 Å². The van der Waals surface area contributed by atoms with Crippen molar-refractivity contribution in [3.8, 4) is 0 Å². The van der Waals surface area contributed by atoms with Crippen LogP contribution in [0.25, 0.3) is 0 Å². The summed E-state index contributed by atoms with van der Waals surface area (Å²) in [6, 6.07) is 7.79. The molecule has 0 spiro atoms. The van der Waals surface area contributed by atoms with Gasteiger partial charge in [-0.05, 0) is 31.2 Å². The first-order valence-corrected chi connectivity index (χ1v) is 5.48. The van der Waals surface area contributed by atoms with Gasteiger partial charge in [-0.15, -0.1) is 0 Å².